The van der Waals surface area contributed by atoms with Crippen molar-refractivity contribution in [1.82, 2.24) is 9.88 Å². The van der Waals surface area contributed by atoms with Crippen molar-refractivity contribution in [3.8, 4) is 5.75 Å². The number of hydrogen-bond donors (Lipinski definition) is 1. The second kappa shape index (κ2) is 6.47. The highest BCUT2D eigenvalue weighted by Gasteiger charge is 2.18. The highest BCUT2D eigenvalue weighted by molar-refractivity contribution is 7.18. The van der Waals surface area contributed by atoms with Gasteiger partial charge in [-0.2, -0.15) is 0 Å². The van der Waals surface area contributed by atoms with Gasteiger partial charge in [-0.15, -0.1) is 11.3 Å². The van der Waals surface area contributed by atoms with Crippen molar-refractivity contribution in [2.45, 2.75) is 19.5 Å². The van der Waals surface area contributed by atoms with E-state index in [1.807, 2.05) is 30.3 Å². The summed E-state index contributed by atoms with van der Waals surface area (Å²) in [4.78, 5) is 7.01. The van der Waals surface area contributed by atoms with Gasteiger partial charge in [-0.25, -0.2) is 4.98 Å². The van der Waals surface area contributed by atoms with Crippen molar-refractivity contribution >= 4 is 32.3 Å². The first-order chi connectivity index (χ1) is 12.1. The number of phenols is 1. The number of aromatic nitrogens is 1. The van der Waals surface area contributed by atoms with Crippen molar-refractivity contribution in [3.05, 3.63) is 71.2 Å². The standard InChI is InChI=1S/C21H20N2OS/c1-14(21-22-18-9-5-6-10-20(18)25-21)23(2)13-17-16-8-4-3-7-15(16)11-12-19(17)24/h3-12,14,24H,13H2,1-2H3. The number of phenolic OH excluding ortho intramolecular Hbond substituents is 1. The van der Waals surface area contributed by atoms with Crippen LogP contribution < -0.4 is 0 Å². The number of rotatable bonds is 4. The summed E-state index contributed by atoms with van der Waals surface area (Å²) in [5, 5.41) is 13.7. The molecular weight excluding hydrogens is 328 g/mol. The number of thiazole rings is 1. The summed E-state index contributed by atoms with van der Waals surface area (Å²) in [5.74, 6) is 0.349. The summed E-state index contributed by atoms with van der Waals surface area (Å²) in [5.41, 5.74) is 2.02. The Morgan fingerprint density at radius 2 is 1.80 bits per heavy atom. The quantitative estimate of drug-likeness (QED) is 0.540. The van der Waals surface area contributed by atoms with Crippen LogP contribution in [-0.4, -0.2) is 22.0 Å². The van der Waals surface area contributed by atoms with Gasteiger partial charge < -0.3 is 5.11 Å². The Labute approximate surface area is 151 Å². The van der Waals surface area contributed by atoms with Gasteiger partial charge in [-0.3, -0.25) is 4.90 Å². The topological polar surface area (TPSA) is 36.4 Å². The SMILES string of the molecule is CC(c1nc2ccccc2s1)N(C)Cc1c(O)ccc2ccccc12. The number of benzene rings is 3. The Hall–Kier alpha value is -2.43. The third-order valence-electron chi connectivity index (χ3n) is 4.75. The lowest BCUT2D eigenvalue weighted by atomic mass is 10.0. The van der Waals surface area contributed by atoms with Gasteiger partial charge in [-0.05, 0) is 42.9 Å². The van der Waals surface area contributed by atoms with Crippen LogP contribution in [0.15, 0.2) is 60.7 Å². The molecule has 4 heteroatoms. The van der Waals surface area contributed by atoms with Crippen LogP contribution in [0.3, 0.4) is 0 Å². The molecule has 4 aromatic rings. The monoisotopic (exact) mass is 348 g/mol. The van der Waals surface area contributed by atoms with Crippen LogP contribution in [0.5, 0.6) is 5.75 Å². The van der Waals surface area contributed by atoms with E-state index in [1.54, 1.807) is 17.4 Å². The Bertz CT molecular complexity index is 1010. The zero-order valence-corrected chi connectivity index (χ0v) is 15.1. The predicted molar refractivity (Wildman–Crippen MR) is 105 cm³/mol. The largest absolute Gasteiger partial charge is 0.508 e. The van der Waals surface area contributed by atoms with Gasteiger partial charge in [0, 0.05) is 12.1 Å². The maximum Gasteiger partial charge on any atom is 0.120 e. The van der Waals surface area contributed by atoms with Crippen molar-refractivity contribution in [2.24, 2.45) is 0 Å². The Balaban J connectivity index is 1.65. The van der Waals surface area contributed by atoms with Crippen LogP contribution in [0.4, 0.5) is 0 Å². The third-order valence-corrected chi connectivity index (χ3v) is 5.96. The van der Waals surface area contributed by atoms with E-state index in [4.69, 9.17) is 4.98 Å². The number of aromatic hydroxyl groups is 1. The van der Waals surface area contributed by atoms with E-state index in [2.05, 4.69) is 43.1 Å². The first-order valence-electron chi connectivity index (χ1n) is 8.39. The fraction of sp³-hybridized carbons (Fsp3) is 0.190. The molecule has 4 rings (SSSR count). The summed E-state index contributed by atoms with van der Waals surface area (Å²) in [6.07, 6.45) is 0. The van der Waals surface area contributed by atoms with Crippen LogP contribution in [0.25, 0.3) is 21.0 Å². The van der Waals surface area contributed by atoms with E-state index in [1.165, 1.54) is 4.70 Å². The van der Waals surface area contributed by atoms with Crippen LogP contribution in [-0.2, 0) is 6.54 Å². The van der Waals surface area contributed by atoms with Gasteiger partial charge in [0.05, 0.1) is 16.3 Å². The molecule has 25 heavy (non-hydrogen) atoms. The van der Waals surface area contributed by atoms with E-state index in [0.29, 0.717) is 12.3 Å². The lowest BCUT2D eigenvalue weighted by Crippen LogP contribution is -2.22. The van der Waals surface area contributed by atoms with Gasteiger partial charge in [-0.1, -0.05) is 42.5 Å². The van der Waals surface area contributed by atoms with Crippen molar-refractivity contribution in [3.63, 3.8) is 0 Å². The minimum atomic E-state index is 0.177. The lowest BCUT2D eigenvalue weighted by molar-refractivity contribution is 0.250. The highest BCUT2D eigenvalue weighted by atomic mass is 32.1. The average Bonchev–Trinajstić information content (AvgIpc) is 3.07. The molecule has 1 N–H and O–H groups in total. The molecule has 0 radical (unpaired) electrons. The number of fused-ring (bicyclic) bond motifs is 2. The number of nitrogens with zero attached hydrogens (tertiary/aromatic N) is 2. The second-order valence-electron chi connectivity index (χ2n) is 6.40. The molecule has 0 saturated heterocycles. The van der Waals surface area contributed by atoms with Gasteiger partial charge >= 0.3 is 0 Å². The van der Waals surface area contributed by atoms with Crippen molar-refractivity contribution < 1.29 is 5.11 Å². The first-order valence-corrected chi connectivity index (χ1v) is 9.20. The van der Waals surface area contributed by atoms with Gasteiger partial charge in [0.1, 0.15) is 10.8 Å². The Kier molecular flexibility index (Phi) is 4.15. The van der Waals surface area contributed by atoms with Crippen LogP contribution in [0.2, 0.25) is 0 Å². The Morgan fingerprint density at radius 1 is 1.04 bits per heavy atom. The number of hydrogen-bond acceptors (Lipinski definition) is 4. The molecule has 0 aliphatic heterocycles. The molecule has 0 bridgehead atoms. The van der Waals surface area contributed by atoms with E-state index in [9.17, 15) is 5.11 Å². The molecule has 1 atom stereocenters. The first kappa shape index (κ1) is 16.1. The van der Waals surface area contributed by atoms with E-state index >= 15 is 0 Å². The molecular formula is C21H20N2OS. The van der Waals surface area contributed by atoms with Crippen molar-refractivity contribution in [2.75, 3.05) is 7.05 Å². The van der Waals surface area contributed by atoms with Gasteiger partial charge in [0.2, 0.25) is 0 Å². The fourth-order valence-electron chi connectivity index (χ4n) is 3.13. The minimum Gasteiger partial charge on any atom is -0.508 e. The molecule has 0 spiro atoms. The summed E-state index contributed by atoms with van der Waals surface area (Å²) in [6, 6.07) is 20.4. The maximum atomic E-state index is 10.4. The predicted octanol–water partition coefficient (Wildman–Crippen LogP) is 5.35. The smallest absolute Gasteiger partial charge is 0.120 e. The molecule has 0 saturated carbocycles. The zero-order chi connectivity index (χ0) is 17.4. The van der Waals surface area contributed by atoms with Crippen molar-refractivity contribution in [1.29, 1.82) is 0 Å². The highest BCUT2D eigenvalue weighted by Crippen LogP contribution is 2.33. The van der Waals surface area contributed by atoms with Crippen LogP contribution in [0, 0.1) is 0 Å². The minimum absolute atomic E-state index is 0.177. The van der Waals surface area contributed by atoms with Crippen LogP contribution in [0.1, 0.15) is 23.5 Å². The molecule has 0 amide bonds. The van der Waals surface area contributed by atoms with Crippen LogP contribution >= 0.6 is 11.3 Å². The fourth-order valence-corrected chi connectivity index (χ4v) is 4.22. The third kappa shape index (κ3) is 2.99. The number of para-hydroxylation sites is 1. The molecule has 1 unspecified atom stereocenters. The molecule has 3 aromatic carbocycles. The summed E-state index contributed by atoms with van der Waals surface area (Å²) in [6.45, 7) is 2.84. The van der Waals surface area contributed by atoms with Gasteiger partial charge in [0.15, 0.2) is 0 Å². The molecule has 0 aliphatic rings. The molecule has 0 aliphatic carbocycles. The second-order valence-corrected chi connectivity index (χ2v) is 7.46. The zero-order valence-electron chi connectivity index (χ0n) is 14.3. The Morgan fingerprint density at radius 3 is 2.64 bits per heavy atom. The van der Waals surface area contributed by atoms with Gasteiger partial charge in [0.25, 0.3) is 0 Å². The summed E-state index contributed by atoms with van der Waals surface area (Å²) >= 11 is 1.74. The maximum absolute atomic E-state index is 10.4. The van der Waals surface area contributed by atoms with E-state index < -0.39 is 0 Å². The molecule has 0 fully saturated rings. The van der Waals surface area contributed by atoms with E-state index in [0.717, 1.165) is 26.9 Å². The normalized spacial score (nSPS) is 12.9. The lowest BCUT2D eigenvalue weighted by Gasteiger charge is -2.24. The molecule has 126 valence electrons. The van der Waals surface area contributed by atoms with E-state index in [-0.39, 0.29) is 6.04 Å². The molecule has 1 aromatic heterocycles. The summed E-state index contributed by atoms with van der Waals surface area (Å²) in [7, 11) is 2.08. The molecule has 3 nitrogen and oxygen atoms in total. The molecule has 1 heterocycles. The average molecular weight is 348 g/mol. The summed E-state index contributed by atoms with van der Waals surface area (Å²) < 4.78 is 1.21.